The van der Waals surface area contributed by atoms with Gasteiger partial charge in [-0.2, -0.15) is 0 Å². The first-order chi connectivity index (χ1) is 11.1. The van der Waals surface area contributed by atoms with Gasteiger partial charge in [-0.3, -0.25) is 10.0 Å². The number of carbonyl (C=O) groups is 1. The third kappa shape index (κ3) is 3.10. The van der Waals surface area contributed by atoms with Gasteiger partial charge in [0, 0.05) is 29.7 Å². The number of amides is 1. The molecule has 5 heteroatoms. The minimum absolute atomic E-state index is 0.237. The summed E-state index contributed by atoms with van der Waals surface area (Å²) in [4.78, 5) is 11.6. The van der Waals surface area contributed by atoms with Crippen molar-refractivity contribution < 1.29 is 14.4 Å². The smallest absolute Gasteiger partial charge is 0.274 e. The summed E-state index contributed by atoms with van der Waals surface area (Å²) >= 11 is 0. The normalized spacial score (nSPS) is 10.9. The fourth-order valence-electron chi connectivity index (χ4n) is 2.81. The molecule has 0 atom stereocenters. The second-order valence-electron chi connectivity index (χ2n) is 5.56. The summed E-state index contributed by atoms with van der Waals surface area (Å²) in [5.74, 6) is -0.765. The number of nitrogens with one attached hydrogen (secondary N) is 1. The Morgan fingerprint density at radius 3 is 2.61 bits per heavy atom. The van der Waals surface area contributed by atoms with Crippen molar-refractivity contribution in [3.8, 4) is 0 Å². The van der Waals surface area contributed by atoms with Crippen molar-refractivity contribution in [2.45, 2.75) is 12.8 Å². The van der Waals surface area contributed by atoms with Crippen LogP contribution in [0.25, 0.3) is 10.9 Å². The summed E-state index contributed by atoms with van der Waals surface area (Å²) in [5, 5.41) is 9.76. The first-order valence-corrected chi connectivity index (χ1v) is 7.35. The van der Waals surface area contributed by atoms with Crippen molar-refractivity contribution in [1.29, 1.82) is 0 Å². The average molecular weight is 312 g/mol. The van der Waals surface area contributed by atoms with Crippen molar-refractivity contribution in [1.82, 2.24) is 10.0 Å². The summed E-state index contributed by atoms with van der Waals surface area (Å²) < 4.78 is 15.0. The third-order valence-corrected chi connectivity index (χ3v) is 4.03. The van der Waals surface area contributed by atoms with Crippen LogP contribution in [0.15, 0.2) is 48.7 Å². The van der Waals surface area contributed by atoms with Gasteiger partial charge in [-0.15, -0.1) is 0 Å². The Labute approximate surface area is 133 Å². The molecule has 0 fully saturated rings. The van der Waals surface area contributed by atoms with Crippen LogP contribution in [0.3, 0.4) is 0 Å². The van der Waals surface area contributed by atoms with Crippen LogP contribution in [-0.2, 0) is 19.9 Å². The van der Waals surface area contributed by atoms with Crippen LogP contribution in [0.2, 0.25) is 0 Å². The van der Waals surface area contributed by atoms with Gasteiger partial charge in [0.25, 0.3) is 5.91 Å². The van der Waals surface area contributed by atoms with Crippen LogP contribution in [0.5, 0.6) is 0 Å². The molecule has 3 aromatic rings. The SMILES string of the molecule is Cn1cc(CCc2ccc(F)cc2)c2cc(C(=O)NO)ccc21. The third-order valence-electron chi connectivity index (χ3n) is 4.03. The van der Waals surface area contributed by atoms with Crippen LogP contribution in [-0.4, -0.2) is 15.7 Å². The largest absolute Gasteiger partial charge is 0.350 e. The molecule has 0 saturated carbocycles. The van der Waals surface area contributed by atoms with E-state index in [0.29, 0.717) is 5.56 Å². The Bertz CT molecular complexity index is 853. The number of fused-ring (bicyclic) bond motifs is 1. The summed E-state index contributed by atoms with van der Waals surface area (Å²) in [5.41, 5.74) is 5.26. The lowest BCUT2D eigenvalue weighted by Crippen LogP contribution is -2.18. The number of hydrogen-bond donors (Lipinski definition) is 2. The monoisotopic (exact) mass is 312 g/mol. The van der Waals surface area contributed by atoms with Crippen molar-refractivity contribution in [3.05, 3.63) is 71.2 Å². The Morgan fingerprint density at radius 1 is 1.17 bits per heavy atom. The van der Waals surface area contributed by atoms with Crippen molar-refractivity contribution >= 4 is 16.8 Å². The number of nitrogens with zero attached hydrogens (tertiary/aromatic N) is 1. The van der Waals surface area contributed by atoms with E-state index >= 15 is 0 Å². The van der Waals surface area contributed by atoms with Crippen molar-refractivity contribution in [2.75, 3.05) is 0 Å². The number of carbonyl (C=O) groups excluding carboxylic acids is 1. The predicted octanol–water partition coefficient (Wildman–Crippen LogP) is 3.22. The molecule has 0 aliphatic rings. The zero-order chi connectivity index (χ0) is 16.4. The fraction of sp³-hybridized carbons (Fsp3) is 0.167. The summed E-state index contributed by atoms with van der Waals surface area (Å²) in [6.45, 7) is 0. The molecule has 4 nitrogen and oxygen atoms in total. The lowest BCUT2D eigenvalue weighted by Gasteiger charge is -2.03. The minimum atomic E-state index is -0.528. The molecule has 0 unspecified atom stereocenters. The molecule has 2 N–H and O–H groups in total. The van der Waals surface area contributed by atoms with E-state index in [2.05, 4.69) is 0 Å². The molecular formula is C18H17FN2O2. The van der Waals surface area contributed by atoms with Crippen LogP contribution < -0.4 is 5.48 Å². The highest BCUT2D eigenvalue weighted by molar-refractivity contribution is 5.98. The highest BCUT2D eigenvalue weighted by atomic mass is 19.1. The van der Waals surface area contributed by atoms with E-state index in [4.69, 9.17) is 5.21 Å². The van der Waals surface area contributed by atoms with Gasteiger partial charge >= 0.3 is 0 Å². The topological polar surface area (TPSA) is 54.3 Å². The molecule has 0 saturated heterocycles. The van der Waals surface area contributed by atoms with Gasteiger partial charge in [-0.25, -0.2) is 9.87 Å². The molecule has 2 aromatic carbocycles. The maximum atomic E-state index is 13.0. The van der Waals surface area contributed by atoms with Gasteiger partial charge < -0.3 is 4.57 Å². The molecule has 23 heavy (non-hydrogen) atoms. The Hall–Kier alpha value is -2.66. The number of hydrogen-bond acceptors (Lipinski definition) is 2. The van der Waals surface area contributed by atoms with Gasteiger partial charge in [0.2, 0.25) is 0 Å². The highest BCUT2D eigenvalue weighted by Gasteiger charge is 2.11. The maximum Gasteiger partial charge on any atom is 0.274 e. The fourth-order valence-corrected chi connectivity index (χ4v) is 2.81. The van der Waals surface area contributed by atoms with Gasteiger partial charge in [0.1, 0.15) is 5.82 Å². The number of aromatic nitrogens is 1. The van der Waals surface area contributed by atoms with Gasteiger partial charge in [-0.05, 0) is 54.3 Å². The number of hydroxylamine groups is 1. The highest BCUT2D eigenvalue weighted by Crippen LogP contribution is 2.23. The second-order valence-corrected chi connectivity index (χ2v) is 5.56. The number of halogens is 1. The van der Waals surface area contributed by atoms with Crippen molar-refractivity contribution in [3.63, 3.8) is 0 Å². The Kier molecular flexibility index (Phi) is 4.12. The minimum Gasteiger partial charge on any atom is -0.350 e. The molecule has 0 spiro atoms. The van der Waals surface area contributed by atoms with E-state index in [1.807, 2.05) is 23.9 Å². The molecule has 1 aromatic heterocycles. The zero-order valence-corrected chi connectivity index (χ0v) is 12.7. The summed E-state index contributed by atoms with van der Waals surface area (Å²) in [6, 6.07) is 11.8. The second kappa shape index (κ2) is 6.22. The zero-order valence-electron chi connectivity index (χ0n) is 12.7. The van der Waals surface area contributed by atoms with Gasteiger partial charge in [0.05, 0.1) is 0 Å². The number of rotatable bonds is 4. The average Bonchev–Trinajstić information content (AvgIpc) is 2.89. The molecule has 1 heterocycles. The quantitative estimate of drug-likeness (QED) is 0.574. The molecular weight excluding hydrogens is 295 g/mol. The van der Waals surface area contributed by atoms with Gasteiger partial charge in [-0.1, -0.05) is 12.1 Å². The maximum absolute atomic E-state index is 13.0. The van der Waals surface area contributed by atoms with Crippen LogP contribution in [0, 0.1) is 5.82 Å². The molecule has 3 rings (SSSR count). The van der Waals surface area contributed by atoms with E-state index in [0.717, 1.165) is 34.9 Å². The Morgan fingerprint density at radius 2 is 1.91 bits per heavy atom. The molecule has 0 bridgehead atoms. The molecule has 1 amide bonds. The van der Waals surface area contributed by atoms with Gasteiger partial charge in [0.15, 0.2) is 0 Å². The molecule has 0 aliphatic carbocycles. The van der Waals surface area contributed by atoms with E-state index in [-0.39, 0.29) is 5.82 Å². The lowest BCUT2D eigenvalue weighted by molar-refractivity contribution is 0.0706. The summed E-state index contributed by atoms with van der Waals surface area (Å²) in [7, 11) is 1.95. The van der Waals surface area contributed by atoms with Crippen LogP contribution >= 0.6 is 0 Å². The van der Waals surface area contributed by atoms with Crippen LogP contribution in [0.1, 0.15) is 21.5 Å². The first-order valence-electron chi connectivity index (χ1n) is 7.35. The number of benzene rings is 2. The predicted molar refractivity (Wildman–Crippen MR) is 86.0 cm³/mol. The van der Waals surface area contributed by atoms with E-state index in [1.165, 1.54) is 12.1 Å². The van der Waals surface area contributed by atoms with Crippen molar-refractivity contribution in [2.24, 2.45) is 7.05 Å². The van der Waals surface area contributed by atoms with E-state index in [9.17, 15) is 9.18 Å². The standard InChI is InChI=1S/C18H17FN2O2/c1-21-11-14(5-2-12-3-7-15(19)8-4-12)16-10-13(18(22)20-23)6-9-17(16)21/h3-4,6-11,23H,2,5H2,1H3,(H,20,22). The number of aryl methyl sites for hydroxylation is 3. The molecule has 0 radical (unpaired) electrons. The van der Waals surface area contributed by atoms with E-state index < -0.39 is 5.91 Å². The van der Waals surface area contributed by atoms with E-state index in [1.54, 1.807) is 29.7 Å². The lowest BCUT2D eigenvalue weighted by atomic mass is 10.0. The molecule has 0 aliphatic heterocycles. The Balaban J connectivity index is 1.90. The summed E-state index contributed by atoms with van der Waals surface area (Å²) in [6.07, 6.45) is 3.61. The van der Waals surface area contributed by atoms with Crippen LogP contribution in [0.4, 0.5) is 4.39 Å². The molecule has 118 valence electrons. The first kappa shape index (κ1) is 15.2.